The first-order valence-electron chi connectivity index (χ1n) is 5.33. The summed E-state index contributed by atoms with van der Waals surface area (Å²) in [6.45, 7) is 0. The summed E-state index contributed by atoms with van der Waals surface area (Å²) < 4.78 is 0. The van der Waals surface area contributed by atoms with E-state index in [0.29, 0.717) is 10.0 Å². The summed E-state index contributed by atoms with van der Waals surface area (Å²) in [5.41, 5.74) is 7.42. The number of aromatic nitrogens is 1. The van der Waals surface area contributed by atoms with Crippen molar-refractivity contribution >= 4 is 40.3 Å². The van der Waals surface area contributed by atoms with Crippen molar-refractivity contribution in [2.24, 2.45) is 5.73 Å². The summed E-state index contributed by atoms with van der Waals surface area (Å²) in [7, 11) is 1.94. The normalized spacial score (nSPS) is 10.1. The molecule has 0 saturated carbocycles. The standard InChI is InChI=1S/C13H12ClN3S/c1-17(12-7-4-10(14)8-16-12)11-5-2-9(3-6-11)13(15)18/h2-8H,1H3,(H2,15,18). The SMILES string of the molecule is CN(c1ccc(C(N)=S)cc1)c1ccc(Cl)cn1. The summed E-state index contributed by atoms with van der Waals surface area (Å²) in [6, 6.07) is 11.4. The molecular formula is C13H12ClN3S. The number of pyridine rings is 1. The number of hydrogen-bond donors (Lipinski definition) is 1. The second-order valence-corrected chi connectivity index (χ2v) is 4.68. The molecule has 5 heteroatoms. The molecule has 1 aromatic heterocycles. The second-order valence-electron chi connectivity index (χ2n) is 3.80. The molecule has 1 heterocycles. The molecule has 0 unspecified atom stereocenters. The van der Waals surface area contributed by atoms with E-state index in [4.69, 9.17) is 29.6 Å². The third kappa shape index (κ3) is 2.78. The molecule has 2 rings (SSSR count). The van der Waals surface area contributed by atoms with Gasteiger partial charge in [0.05, 0.1) is 5.02 Å². The van der Waals surface area contributed by atoms with Crippen molar-refractivity contribution in [2.75, 3.05) is 11.9 Å². The minimum absolute atomic E-state index is 0.397. The summed E-state index contributed by atoms with van der Waals surface area (Å²) in [6.07, 6.45) is 1.62. The van der Waals surface area contributed by atoms with Crippen LogP contribution in [0.2, 0.25) is 5.02 Å². The van der Waals surface area contributed by atoms with Crippen LogP contribution in [0.3, 0.4) is 0 Å². The van der Waals surface area contributed by atoms with Gasteiger partial charge >= 0.3 is 0 Å². The number of nitrogens with zero attached hydrogens (tertiary/aromatic N) is 2. The van der Waals surface area contributed by atoms with Crippen LogP contribution in [0.1, 0.15) is 5.56 Å². The second kappa shape index (κ2) is 5.33. The van der Waals surface area contributed by atoms with Crippen molar-refractivity contribution in [3.05, 3.63) is 53.2 Å². The minimum atomic E-state index is 0.397. The summed E-state index contributed by atoms with van der Waals surface area (Å²) >= 11 is 10.7. The molecular weight excluding hydrogens is 266 g/mol. The van der Waals surface area contributed by atoms with Crippen molar-refractivity contribution in [3.8, 4) is 0 Å². The number of hydrogen-bond acceptors (Lipinski definition) is 3. The quantitative estimate of drug-likeness (QED) is 0.875. The monoisotopic (exact) mass is 277 g/mol. The summed E-state index contributed by atoms with van der Waals surface area (Å²) in [4.78, 5) is 6.61. The third-order valence-corrected chi connectivity index (χ3v) is 3.05. The average molecular weight is 278 g/mol. The Hall–Kier alpha value is -1.65. The number of thiocarbonyl (C=S) groups is 1. The van der Waals surface area contributed by atoms with Gasteiger partial charge in [-0.2, -0.15) is 0 Å². The lowest BCUT2D eigenvalue weighted by atomic mass is 10.2. The van der Waals surface area contributed by atoms with Gasteiger partial charge < -0.3 is 10.6 Å². The van der Waals surface area contributed by atoms with Gasteiger partial charge in [-0.3, -0.25) is 0 Å². The Kier molecular flexibility index (Phi) is 3.79. The summed E-state index contributed by atoms with van der Waals surface area (Å²) in [5, 5.41) is 0.621. The maximum absolute atomic E-state index is 5.81. The maximum Gasteiger partial charge on any atom is 0.132 e. The first-order valence-corrected chi connectivity index (χ1v) is 6.11. The van der Waals surface area contributed by atoms with E-state index in [9.17, 15) is 0 Å². The molecule has 0 aliphatic carbocycles. The van der Waals surface area contributed by atoms with Crippen LogP contribution in [0.25, 0.3) is 0 Å². The molecule has 0 spiro atoms. The van der Waals surface area contributed by atoms with E-state index < -0.39 is 0 Å². The Labute approximate surface area is 116 Å². The van der Waals surface area contributed by atoms with Gasteiger partial charge in [0.15, 0.2) is 0 Å². The Morgan fingerprint density at radius 3 is 2.39 bits per heavy atom. The van der Waals surface area contributed by atoms with Crippen LogP contribution >= 0.6 is 23.8 Å². The third-order valence-electron chi connectivity index (χ3n) is 2.59. The Morgan fingerprint density at radius 2 is 1.89 bits per heavy atom. The predicted molar refractivity (Wildman–Crippen MR) is 79.6 cm³/mol. The molecule has 0 aliphatic rings. The highest BCUT2D eigenvalue weighted by atomic mass is 35.5. The number of nitrogens with two attached hydrogens (primary N) is 1. The lowest BCUT2D eigenvalue weighted by Gasteiger charge is -2.18. The Bertz CT molecular complexity index is 551. The van der Waals surface area contributed by atoms with Crippen molar-refractivity contribution in [3.63, 3.8) is 0 Å². The molecule has 0 saturated heterocycles. The van der Waals surface area contributed by atoms with Crippen LogP contribution in [-0.4, -0.2) is 17.0 Å². The number of benzene rings is 1. The zero-order chi connectivity index (χ0) is 13.1. The Morgan fingerprint density at radius 1 is 1.22 bits per heavy atom. The van der Waals surface area contributed by atoms with Gasteiger partial charge in [-0.1, -0.05) is 23.8 Å². The highest BCUT2D eigenvalue weighted by Crippen LogP contribution is 2.22. The highest BCUT2D eigenvalue weighted by Gasteiger charge is 2.05. The van der Waals surface area contributed by atoms with Crippen LogP contribution in [-0.2, 0) is 0 Å². The number of anilines is 2. The van der Waals surface area contributed by atoms with E-state index in [1.165, 1.54) is 0 Å². The fourth-order valence-electron chi connectivity index (χ4n) is 1.55. The van der Waals surface area contributed by atoms with E-state index in [0.717, 1.165) is 17.1 Å². The molecule has 1 aromatic carbocycles. The molecule has 2 aromatic rings. The highest BCUT2D eigenvalue weighted by molar-refractivity contribution is 7.80. The van der Waals surface area contributed by atoms with E-state index in [-0.39, 0.29) is 0 Å². The van der Waals surface area contributed by atoms with Gasteiger partial charge in [-0.25, -0.2) is 4.98 Å². The molecule has 0 aliphatic heterocycles. The Balaban J connectivity index is 2.25. The van der Waals surface area contributed by atoms with Crippen molar-refractivity contribution in [1.82, 2.24) is 4.98 Å². The van der Waals surface area contributed by atoms with Gasteiger partial charge in [0.1, 0.15) is 10.8 Å². The zero-order valence-corrected chi connectivity index (χ0v) is 11.4. The van der Waals surface area contributed by atoms with Crippen LogP contribution in [0, 0.1) is 0 Å². The van der Waals surface area contributed by atoms with Crippen molar-refractivity contribution in [1.29, 1.82) is 0 Å². The minimum Gasteiger partial charge on any atom is -0.389 e. The van der Waals surface area contributed by atoms with Crippen molar-refractivity contribution in [2.45, 2.75) is 0 Å². The van der Waals surface area contributed by atoms with Crippen LogP contribution in [0.5, 0.6) is 0 Å². The lowest BCUT2D eigenvalue weighted by molar-refractivity contribution is 1.13. The molecule has 0 atom stereocenters. The van der Waals surface area contributed by atoms with Gasteiger partial charge in [0.25, 0.3) is 0 Å². The van der Waals surface area contributed by atoms with E-state index in [2.05, 4.69) is 4.98 Å². The molecule has 0 fully saturated rings. The van der Waals surface area contributed by atoms with Crippen LogP contribution in [0.4, 0.5) is 11.5 Å². The fourth-order valence-corrected chi connectivity index (χ4v) is 1.80. The molecule has 0 radical (unpaired) electrons. The first-order chi connectivity index (χ1) is 8.58. The van der Waals surface area contributed by atoms with Crippen molar-refractivity contribution < 1.29 is 0 Å². The molecule has 2 N–H and O–H groups in total. The van der Waals surface area contributed by atoms with Gasteiger partial charge in [-0.05, 0) is 36.4 Å². The topological polar surface area (TPSA) is 42.1 Å². The van der Waals surface area contributed by atoms with Gasteiger partial charge in [0, 0.05) is 24.5 Å². The average Bonchev–Trinajstić information content (AvgIpc) is 2.39. The van der Waals surface area contributed by atoms with E-state index in [1.54, 1.807) is 6.20 Å². The number of halogens is 1. The van der Waals surface area contributed by atoms with Crippen LogP contribution < -0.4 is 10.6 Å². The zero-order valence-electron chi connectivity index (χ0n) is 9.80. The molecule has 18 heavy (non-hydrogen) atoms. The largest absolute Gasteiger partial charge is 0.389 e. The molecule has 0 amide bonds. The predicted octanol–water partition coefficient (Wildman–Crippen LogP) is 3.14. The van der Waals surface area contributed by atoms with Gasteiger partial charge in [0.2, 0.25) is 0 Å². The van der Waals surface area contributed by atoms with Gasteiger partial charge in [-0.15, -0.1) is 0 Å². The molecule has 0 bridgehead atoms. The summed E-state index contributed by atoms with van der Waals surface area (Å²) in [5.74, 6) is 0.822. The van der Waals surface area contributed by atoms with Crippen LogP contribution in [0.15, 0.2) is 42.6 Å². The number of rotatable bonds is 3. The first kappa shape index (κ1) is 12.8. The smallest absolute Gasteiger partial charge is 0.132 e. The van der Waals surface area contributed by atoms with E-state index in [1.807, 2.05) is 48.3 Å². The fraction of sp³-hybridized carbons (Fsp3) is 0.0769. The van der Waals surface area contributed by atoms with E-state index >= 15 is 0 Å². The molecule has 92 valence electrons. The lowest BCUT2D eigenvalue weighted by Crippen LogP contribution is -2.12. The molecule has 3 nitrogen and oxygen atoms in total. The maximum atomic E-state index is 5.81.